The predicted molar refractivity (Wildman–Crippen MR) is 65.1 cm³/mol. The number of rotatable bonds is 2. The summed E-state index contributed by atoms with van der Waals surface area (Å²) >= 11 is 12.0. The van der Waals surface area contributed by atoms with Crippen LogP contribution >= 0.6 is 23.2 Å². The van der Waals surface area contributed by atoms with Gasteiger partial charge < -0.3 is 4.90 Å². The molecule has 1 saturated heterocycles. The van der Waals surface area contributed by atoms with Crippen molar-refractivity contribution in [3.8, 4) is 0 Å². The van der Waals surface area contributed by atoms with Gasteiger partial charge in [-0.25, -0.2) is 9.97 Å². The molecule has 1 aliphatic carbocycles. The first-order valence-corrected chi connectivity index (χ1v) is 6.53. The SMILES string of the molecule is ClCc1c(Cl)ncnc1N1CC2CCC1C2. The maximum absolute atomic E-state index is 6.05. The lowest BCUT2D eigenvalue weighted by Gasteiger charge is -2.29. The van der Waals surface area contributed by atoms with Crippen LogP contribution in [0.3, 0.4) is 0 Å². The van der Waals surface area contributed by atoms with Gasteiger partial charge >= 0.3 is 0 Å². The van der Waals surface area contributed by atoms with E-state index >= 15 is 0 Å². The summed E-state index contributed by atoms with van der Waals surface area (Å²) in [6.07, 6.45) is 5.45. The van der Waals surface area contributed by atoms with E-state index in [1.807, 2.05) is 0 Å². The molecule has 5 heteroatoms. The van der Waals surface area contributed by atoms with Gasteiger partial charge in [0.25, 0.3) is 0 Å². The minimum atomic E-state index is 0.378. The second-order valence-corrected chi connectivity index (χ2v) is 5.21. The first-order chi connectivity index (χ1) is 7.79. The number of nitrogens with zero attached hydrogens (tertiary/aromatic N) is 3. The van der Waals surface area contributed by atoms with Gasteiger partial charge in [-0.15, -0.1) is 11.6 Å². The molecule has 0 radical (unpaired) electrons. The number of hydrogen-bond donors (Lipinski definition) is 0. The monoisotopic (exact) mass is 257 g/mol. The van der Waals surface area contributed by atoms with Gasteiger partial charge in [0.2, 0.25) is 0 Å². The zero-order valence-electron chi connectivity index (χ0n) is 8.87. The summed E-state index contributed by atoms with van der Waals surface area (Å²) in [5, 5.41) is 0.489. The molecule has 0 N–H and O–H groups in total. The van der Waals surface area contributed by atoms with Gasteiger partial charge in [-0.3, -0.25) is 0 Å². The lowest BCUT2D eigenvalue weighted by atomic mass is 10.1. The van der Waals surface area contributed by atoms with Crippen molar-refractivity contribution in [2.24, 2.45) is 5.92 Å². The Kier molecular flexibility index (Phi) is 2.68. The van der Waals surface area contributed by atoms with Crippen molar-refractivity contribution in [3.05, 3.63) is 17.0 Å². The highest BCUT2D eigenvalue weighted by molar-refractivity contribution is 6.31. The third-order valence-corrected chi connectivity index (χ3v) is 4.28. The summed E-state index contributed by atoms with van der Waals surface area (Å²) in [4.78, 5) is 10.7. The molecule has 1 aromatic heterocycles. The number of piperidine rings is 1. The minimum Gasteiger partial charge on any atom is -0.353 e. The Labute approximate surface area is 105 Å². The van der Waals surface area contributed by atoms with Crippen molar-refractivity contribution < 1.29 is 0 Å². The van der Waals surface area contributed by atoms with Gasteiger partial charge in [0.15, 0.2) is 0 Å². The number of aromatic nitrogens is 2. The minimum absolute atomic E-state index is 0.378. The Balaban J connectivity index is 1.97. The average molecular weight is 258 g/mol. The number of alkyl halides is 1. The first-order valence-electron chi connectivity index (χ1n) is 5.61. The maximum Gasteiger partial charge on any atom is 0.138 e. The molecule has 0 amide bonds. The largest absolute Gasteiger partial charge is 0.353 e. The third-order valence-electron chi connectivity index (χ3n) is 3.68. The quantitative estimate of drug-likeness (QED) is 0.603. The summed E-state index contributed by atoms with van der Waals surface area (Å²) in [6, 6.07) is 0.637. The molecule has 2 heterocycles. The molecule has 2 bridgehead atoms. The Morgan fingerprint density at radius 3 is 2.88 bits per heavy atom. The van der Waals surface area contributed by atoms with Crippen LogP contribution in [-0.2, 0) is 5.88 Å². The Morgan fingerprint density at radius 1 is 1.38 bits per heavy atom. The molecule has 1 saturated carbocycles. The highest BCUT2D eigenvalue weighted by Gasteiger charge is 2.39. The van der Waals surface area contributed by atoms with E-state index in [-0.39, 0.29) is 0 Å². The fraction of sp³-hybridized carbons (Fsp3) is 0.636. The Morgan fingerprint density at radius 2 is 2.25 bits per heavy atom. The smallest absolute Gasteiger partial charge is 0.138 e. The summed E-state index contributed by atoms with van der Waals surface area (Å²) in [5.74, 6) is 2.16. The number of anilines is 1. The number of hydrogen-bond acceptors (Lipinski definition) is 3. The summed E-state index contributed by atoms with van der Waals surface area (Å²) in [7, 11) is 0. The van der Waals surface area contributed by atoms with E-state index in [0.717, 1.165) is 23.8 Å². The lowest BCUT2D eigenvalue weighted by molar-refractivity contribution is 0.549. The highest BCUT2D eigenvalue weighted by atomic mass is 35.5. The van der Waals surface area contributed by atoms with Crippen LogP contribution in [0.4, 0.5) is 5.82 Å². The predicted octanol–water partition coefficient (Wildman–Crippen LogP) is 2.86. The highest BCUT2D eigenvalue weighted by Crippen LogP contribution is 2.41. The van der Waals surface area contributed by atoms with Crippen LogP contribution < -0.4 is 4.90 Å². The fourth-order valence-corrected chi connectivity index (χ4v) is 3.44. The van der Waals surface area contributed by atoms with Gasteiger partial charge in [0.1, 0.15) is 17.3 Å². The molecule has 2 atom stereocenters. The zero-order chi connectivity index (χ0) is 11.1. The van der Waals surface area contributed by atoms with E-state index in [4.69, 9.17) is 23.2 Å². The second-order valence-electron chi connectivity index (χ2n) is 4.59. The van der Waals surface area contributed by atoms with Gasteiger partial charge in [-0.1, -0.05) is 11.6 Å². The fourth-order valence-electron chi connectivity index (χ4n) is 2.93. The van der Waals surface area contributed by atoms with Gasteiger partial charge in [0.05, 0.1) is 5.88 Å². The van der Waals surface area contributed by atoms with E-state index in [1.54, 1.807) is 0 Å². The molecule has 0 spiro atoms. The van der Waals surface area contributed by atoms with Gasteiger partial charge in [0, 0.05) is 18.2 Å². The van der Waals surface area contributed by atoms with Crippen LogP contribution in [0.2, 0.25) is 5.15 Å². The Bertz CT molecular complexity index is 410. The van der Waals surface area contributed by atoms with E-state index in [2.05, 4.69) is 14.9 Å². The van der Waals surface area contributed by atoms with E-state index in [9.17, 15) is 0 Å². The molecule has 86 valence electrons. The van der Waals surface area contributed by atoms with Gasteiger partial charge in [-0.05, 0) is 25.2 Å². The van der Waals surface area contributed by atoms with Crippen molar-refractivity contribution >= 4 is 29.0 Å². The molecule has 1 aliphatic heterocycles. The topological polar surface area (TPSA) is 29.0 Å². The summed E-state index contributed by atoms with van der Waals surface area (Å²) in [6.45, 7) is 1.10. The van der Waals surface area contributed by atoms with Crippen LogP contribution in [0.1, 0.15) is 24.8 Å². The summed E-state index contributed by atoms with van der Waals surface area (Å²) < 4.78 is 0. The molecule has 2 aliphatic rings. The number of fused-ring (bicyclic) bond motifs is 2. The van der Waals surface area contributed by atoms with E-state index in [1.165, 1.54) is 25.6 Å². The van der Waals surface area contributed by atoms with E-state index < -0.39 is 0 Å². The first kappa shape index (κ1) is 10.6. The molecular formula is C11H13Cl2N3. The summed E-state index contributed by atoms with van der Waals surface area (Å²) in [5.41, 5.74) is 0.874. The molecule has 2 unspecified atom stereocenters. The maximum atomic E-state index is 6.05. The van der Waals surface area contributed by atoms with Gasteiger partial charge in [-0.2, -0.15) is 0 Å². The second kappa shape index (κ2) is 4.04. The number of halogens is 2. The van der Waals surface area contributed by atoms with Crippen molar-refractivity contribution in [2.75, 3.05) is 11.4 Å². The Hall–Kier alpha value is -0.540. The third kappa shape index (κ3) is 1.57. The van der Waals surface area contributed by atoms with Crippen LogP contribution in [0.15, 0.2) is 6.33 Å². The van der Waals surface area contributed by atoms with Crippen molar-refractivity contribution in [3.63, 3.8) is 0 Å². The molecule has 0 aromatic carbocycles. The molecule has 3 rings (SSSR count). The normalized spacial score (nSPS) is 27.8. The zero-order valence-corrected chi connectivity index (χ0v) is 10.4. The molecule has 1 aromatic rings. The van der Waals surface area contributed by atoms with Crippen LogP contribution in [0, 0.1) is 5.92 Å². The molecule has 3 nitrogen and oxygen atoms in total. The van der Waals surface area contributed by atoms with Crippen LogP contribution in [0.25, 0.3) is 0 Å². The molecule has 16 heavy (non-hydrogen) atoms. The van der Waals surface area contributed by atoms with Crippen LogP contribution in [-0.4, -0.2) is 22.6 Å². The molecule has 2 fully saturated rings. The molecular weight excluding hydrogens is 245 g/mol. The standard InChI is InChI=1S/C11H13Cl2N3/c12-4-9-10(13)14-6-15-11(9)16-5-7-1-2-8(16)3-7/h6-8H,1-5H2. The van der Waals surface area contributed by atoms with Crippen LogP contribution in [0.5, 0.6) is 0 Å². The average Bonchev–Trinajstić information content (AvgIpc) is 2.90. The lowest BCUT2D eigenvalue weighted by Crippen LogP contribution is -2.33. The van der Waals surface area contributed by atoms with Crippen molar-refractivity contribution in [2.45, 2.75) is 31.2 Å². The van der Waals surface area contributed by atoms with Crippen molar-refractivity contribution in [1.82, 2.24) is 9.97 Å². The van der Waals surface area contributed by atoms with Crippen molar-refractivity contribution in [1.29, 1.82) is 0 Å². The van der Waals surface area contributed by atoms with E-state index in [0.29, 0.717) is 17.1 Å².